The number of rotatable bonds is 6. The monoisotopic (exact) mass is 454 g/mol. The van der Waals surface area contributed by atoms with Crippen molar-refractivity contribution in [3.05, 3.63) is 0 Å². The molecule has 14 heteroatoms. The second kappa shape index (κ2) is 10.1. The van der Waals surface area contributed by atoms with E-state index in [9.17, 15) is 30.6 Å². The van der Waals surface area contributed by atoms with Gasteiger partial charge < -0.3 is 72.5 Å². The third-order valence-electron chi connectivity index (χ3n) is 6.12. The van der Waals surface area contributed by atoms with Crippen LogP contribution in [0.25, 0.3) is 0 Å². The largest absolute Gasteiger partial charge is 0.394 e. The summed E-state index contributed by atoms with van der Waals surface area (Å²) in [7, 11) is 0. The van der Waals surface area contributed by atoms with E-state index >= 15 is 0 Å². The van der Waals surface area contributed by atoms with Gasteiger partial charge in [0.2, 0.25) is 0 Å². The molecule has 14 nitrogen and oxygen atoms in total. The number of ether oxygens (including phenoxy) is 4. The minimum absolute atomic E-state index is 0.0760. The van der Waals surface area contributed by atoms with E-state index in [4.69, 9.17) is 41.9 Å². The lowest BCUT2D eigenvalue weighted by Crippen LogP contribution is -2.68. The van der Waals surface area contributed by atoms with Crippen molar-refractivity contribution in [1.29, 1.82) is 0 Å². The van der Waals surface area contributed by atoms with E-state index < -0.39 is 92.2 Å². The topological polar surface area (TPSA) is 262 Å². The van der Waals surface area contributed by atoms with Crippen molar-refractivity contribution >= 4 is 0 Å². The summed E-state index contributed by atoms with van der Waals surface area (Å²) < 4.78 is 22.3. The highest BCUT2D eigenvalue weighted by Crippen LogP contribution is 2.31. The van der Waals surface area contributed by atoms with Gasteiger partial charge in [0.25, 0.3) is 0 Å². The minimum atomic E-state index is -1.45. The molecule has 1 aliphatic carbocycles. The second-order valence-electron chi connectivity index (χ2n) is 8.30. The maximum atomic E-state index is 10.5. The predicted molar refractivity (Wildman–Crippen MR) is 102 cm³/mol. The first-order valence-corrected chi connectivity index (χ1v) is 10.2. The highest BCUT2D eigenvalue weighted by molar-refractivity contribution is 5.00. The molecule has 0 aromatic rings. The van der Waals surface area contributed by atoms with Crippen LogP contribution in [0.15, 0.2) is 0 Å². The molecule has 3 fully saturated rings. The van der Waals surface area contributed by atoms with Crippen LogP contribution in [-0.2, 0) is 18.9 Å². The molecule has 0 aromatic carbocycles. The van der Waals surface area contributed by atoms with Gasteiger partial charge in [-0.05, 0) is 6.42 Å². The molecular formula is C17H34N4O10. The Bertz CT molecular complexity index is 593. The zero-order chi connectivity index (χ0) is 23.0. The zero-order valence-electron chi connectivity index (χ0n) is 16.8. The number of hydrogen-bond donors (Lipinski definition) is 10. The summed E-state index contributed by atoms with van der Waals surface area (Å²) in [5.74, 6) is 0. The SMILES string of the molecule is NCC1OC(OC2C(N)C(OC3C(N)CC(N)C(O)C3O)OC(CO)C2O)C(O)C1O. The predicted octanol–water partition coefficient (Wildman–Crippen LogP) is -6.65. The Morgan fingerprint density at radius 3 is 1.90 bits per heavy atom. The van der Waals surface area contributed by atoms with Crippen LogP contribution in [0.2, 0.25) is 0 Å². The van der Waals surface area contributed by atoms with Gasteiger partial charge in [-0.3, -0.25) is 0 Å². The fourth-order valence-corrected chi connectivity index (χ4v) is 4.18. The van der Waals surface area contributed by atoms with Crippen LogP contribution < -0.4 is 22.9 Å². The summed E-state index contributed by atoms with van der Waals surface area (Å²) in [6.45, 7) is -0.699. The molecule has 182 valence electrons. The Morgan fingerprint density at radius 1 is 0.710 bits per heavy atom. The van der Waals surface area contributed by atoms with E-state index in [1.807, 2.05) is 0 Å². The van der Waals surface area contributed by atoms with Gasteiger partial charge in [0.15, 0.2) is 12.6 Å². The smallest absolute Gasteiger partial charge is 0.187 e. The van der Waals surface area contributed by atoms with Crippen molar-refractivity contribution < 1.29 is 49.6 Å². The van der Waals surface area contributed by atoms with Gasteiger partial charge in [-0.15, -0.1) is 0 Å². The Hall–Kier alpha value is -0.560. The van der Waals surface area contributed by atoms with E-state index in [0.29, 0.717) is 0 Å². The summed E-state index contributed by atoms with van der Waals surface area (Å²) in [5, 5.41) is 60.6. The number of aliphatic hydroxyl groups is 6. The lowest BCUT2D eigenvalue weighted by atomic mass is 9.84. The van der Waals surface area contributed by atoms with Gasteiger partial charge in [-0.1, -0.05) is 0 Å². The molecule has 0 aromatic heterocycles. The maximum absolute atomic E-state index is 10.5. The summed E-state index contributed by atoms with van der Waals surface area (Å²) >= 11 is 0. The first kappa shape index (κ1) is 25.1. The van der Waals surface area contributed by atoms with Crippen LogP contribution in [0.4, 0.5) is 0 Å². The maximum Gasteiger partial charge on any atom is 0.187 e. The Morgan fingerprint density at radius 2 is 1.32 bits per heavy atom. The quantitative estimate of drug-likeness (QED) is 0.179. The van der Waals surface area contributed by atoms with Gasteiger partial charge in [-0.2, -0.15) is 0 Å². The molecule has 3 rings (SSSR count). The third-order valence-corrected chi connectivity index (χ3v) is 6.12. The molecule has 0 amide bonds. The van der Waals surface area contributed by atoms with Gasteiger partial charge >= 0.3 is 0 Å². The summed E-state index contributed by atoms with van der Waals surface area (Å²) in [4.78, 5) is 0. The van der Waals surface area contributed by atoms with Crippen molar-refractivity contribution in [2.75, 3.05) is 13.2 Å². The molecule has 2 aliphatic heterocycles. The fraction of sp³-hybridized carbons (Fsp3) is 1.00. The Labute approximate surface area is 178 Å². The number of aliphatic hydroxyl groups excluding tert-OH is 6. The second-order valence-corrected chi connectivity index (χ2v) is 8.30. The highest BCUT2D eigenvalue weighted by Gasteiger charge is 2.52. The van der Waals surface area contributed by atoms with Crippen molar-refractivity contribution in [1.82, 2.24) is 0 Å². The Kier molecular flexibility index (Phi) is 8.21. The molecule has 14 N–H and O–H groups in total. The molecule has 14 unspecified atom stereocenters. The number of nitrogens with two attached hydrogens (primary N) is 4. The van der Waals surface area contributed by atoms with Crippen LogP contribution >= 0.6 is 0 Å². The Balaban J connectivity index is 1.74. The van der Waals surface area contributed by atoms with Crippen molar-refractivity contribution in [2.45, 2.75) is 92.1 Å². The van der Waals surface area contributed by atoms with Crippen molar-refractivity contribution in [3.8, 4) is 0 Å². The van der Waals surface area contributed by atoms with Crippen LogP contribution in [0, 0.1) is 0 Å². The minimum Gasteiger partial charge on any atom is -0.394 e. The molecule has 2 saturated heterocycles. The normalized spacial score (nSPS) is 53.6. The van der Waals surface area contributed by atoms with E-state index in [-0.39, 0.29) is 13.0 Å². The van der Waals surface area contributed by atoms with Gasteiger partial charge in [-0.25, -0.2) is 0 Å². The van der Waals surface area contributed by atoms with Crippen LogP contribution in [0.1, 0.15) is 6.42 Å². The molecule has 31 heavy (non-hydrogen) atoms. The van der Waals surface area contributed by atoms with Crippen molar-refractivity contribution in [3.63, 3.8) is 0 Å². The molecule has 14 atom stereocenters. The highest BCUT2D eigenvalue weighted by atomic mass is 16.7. The van der Waals surface area contributed by atoms with E-state index in [0.717, 1.165) is 0 Å². The molecule has 0 radical (unpaired) electrons. The first-order chi connectivity index (χ1) is 14.6. The molecule has 0 spiro atoms. The fourth-order valence-electron chi connectivity index (χ4n) is 4.18. The van der Waals surface area contributed by atoms with Gasteiger partial charge in [0.05, 0.1) is 18.8 Å². The van der Waals surface area contributed by atoms with E-state index in [1.54, 1.807) is 0 Å². The molecule has 1 saturated carbocycles. The number of hydrogen-bond acceptors (Lipinski definition) is 14. The van der Waals surface area contributed by atoms with Gasteiger partial charge in [0.1, 0.15) is 48.8 Å². The standard InChI is InChI=1S/C17H34N4O10/c18-2-6-10(24)13(27)17(28-6)31-15-8(21)16(29-7(3-22)11(15)25)30-14-5(20)1-4(19)9(23)12(14)26/h4-17,22-27H,1-3,18-21H2. The lowest BCUT2D eigenvalue weighted by molar-refractivity contribution is -0.317. The summed E-state index contributed by atoms with van der Waals surface area (Å²) in [6, 6.07) is -2.67. The first-order valence-electron chi connectivity index (χ1n) is 10.2. The average molecular weight is 454 g/mol. The lowest BCUT2D eigenvalue weighted by Gasteiger charge is -2.47. The molecule has 2 heterocycles. The summed E-state index contributed by atoms with van der Waals surface area (Å²) in [5.41, 5.74) is 23.4. The summed E-state index contributed by atoms with van der Waals surface area (Å²) in [6.07, 6.45) is -13.8. The molecule has 0 bridgehead atoms. The van der Waals surface area contributed by atoms with Crippen LogP contribution in [0.3, 0.4) is 0 Å². The van der Waals surface area contributed by atoms with E-state index in [2.05, 4.69) is 0 Å². The third kappa shape index (κ3) is 4.87. The van der Waals surface area contributed by atoms with E-state index in [1.165, 1.54) is 0 Å². The van der Waals surface area contributed by atoms with Crippen LogP contribution in [-0.4, -0.2) is 129 Å². The van der Waals surface area contributed by atoms with Crippen molar-refractivity contribution in [2.24, 2.45) is 22.9 Å². The average Bonchev–Trinajstić information content (AvgIpc) is 3.01. The van der Waals surface area contributed by atoms with Crippen LogP contribution in [0.5, 0.6) is 0 Å². The zero-order valence-corrected chi connectivity index (χ0v) is 16.8. The van der Waals surface area contributed by atoms with Gasteiger partial charge in [0, 0.05) is 18.6 Å². The molecule has 3 aliphatic rings. The molecular weight excluding hydrogens is 420 g/mol.